The SMILES string of the molecule is Cc1nc(CC(=O)N2CCC[C@]23CO[C@H]2c4ccccc4O[C@@](C)(CCC(=O)O)[C@@H]2C3)cs1. The number of hydrogen-bond donors (Lipinski definition) is 1. The van der Waals surface area contributed by atoms with Crippen LogP contribution in [-0.2, 0) is 20.7 Å². The van der Waals surface area contributed by atoms with Gasteiger partial charge in [-0.3, -0.25) is 9.59 Å². The molecule has 0 radical (unpaired) electrons. The van der Waals surface area contributed by atoms with Crippen LogP contribution in [0.5, 0.6) is 5.75 Å². The van der Waals surface area contributed by atoms with Crippen LogP contribution < -0.4 is 4.74 Å². The molecule has 5 rings (SSSR count). The summed E-state index contributed by atoms with van der Waals surface area (Å²) < 4.78 is 13.0. The van der Waals surface area contributed by atoms with Gasteiger partial charge in [-0.05, 0) is 45.6 Å². The lowest BCUT2D eigenvalue weighted by Crippen LogP contribution is -2.60. The minimum Gasteiger partial charge on any atom is -0.487 e. The number of para-hydroxylation sites is 1. The maximum atomic E-state index is 13.4. The van der Waals surface area contributed by atoms with E-state index in [4.69, 9.17) is 9.47 Å². The number of aromatic nitrogens is 1. The second-order valence-electron chi connectivity index (χ2n) is 9.80. The average molecular weight is 471 g/mol. The van der Waals surface area contributed by atoms with Crippen molar-refractivity contribution in [3.05, 3.63) is 45.9 Å². The first-order valence-corrected chi connectivity index (χ1v) is 12.5. The summed E-state index contributed by atoms with van der Waals surface area (Å²) in [7, 11) is 0. The van der Waals surface area contributed by atoms with Crippen LogP contribution in [0.1, 0.15) is 61.4 Å². The second-order valence-corrected chi connectivity index (χ2v) is 10.9. The highest BCUT2D eigenvalue weighted by molar-refractivity contribution is 7.09. The molecule has 7 nitrogen and oxygen atoms in total. The van der Waals surface area contributed by atoms with Crippen LogP contribution in [0.4, 0.5) is 0 Å². The number of likely N-dealkylation sites (tertiary alicyclic amines) is 1. The fraction of sp³-hybridized carbons (Fsp3) is 0.560. The summed E-state index contributed by atoms with van der Waals surface area (Å²) in [6.07, 6.45) is 3.11. The van der Waals surface area contributed by atoms with Crippen molar-refractivity contribution in [3.8, 4) is 5.75 Å². The molecule has 2 fully saturated rings. The Hall–Kier alpha value is -2.45. The molecule has 2 saturated heterocycles. The Morgan fingerprint density at radius 1 is 1.33 bits per heavy atom. The number of rotatable bonds is 5. The van der Waals surface area contributed by atoms with Crippen molar-refractivity contribution in [1.29, 1.82) is 0 Å². The van der Waals surface area contributed by atoms with Gasteiger partial charge in [-0.15, -0.1) is 11.3 Å². The zero-order chi connectivity index (χ0) is 23.2. The van der Waals surface area contributed by atoms with Gasteiger partial charge in [-0.2, -0.15) is 0 Å². The van der Waals surface area contributed by atoms with Crippen molar-refractivity contribution < 1.29 is 24.2 Å². The number of thiazole rings is 1. The second kappa shape index (κ2) is 8.40. The van der Waals surface area contributed by atoms with Crippen LogP contribution in [0, 0.1) is 12.8 Å². The number of benzene rings is 1. The molecule has 2 aromatic rings. The summed E-state index contributed by atoms with van der Waals surface area (Å²) in [6.45, 7) is 5.15. The lowest BCUT2D eigenvalue weighted by Gasteiger charge is -2.54. The van der Waals surface area contributed by atoms with Gasteiger partial charge in [0.05, 0.1) is 35.4 Å². The van der Waals surface area contributed by atoms with Gasteiger partial charge in [-0.1, -0.05) is 18.2 Å². The largest absolute Gasteiger partial charge is 0.487 e. The zero-order valence-corrected chi connectivity index (χ0v) is 19.9. The van der Waals surface area contributed by atoms with Crippen molar-refractivity contribution in [2.24, 2.45) is 5.92 Å². The number of nitrogens with zero attached hydrogens (tertiary/aromatic N) is 2. The minimum atomic E-state index is -0.835. The van der Waals surface area contributed by atoms with Gasteiger partial charge < -0.3 is 19.5 Å². The van der Waals surface area contributed by atoms with Crippen LogP contribution in [0.2, 0.25) is 0 Å². The highest BCUT2D eigenvalue weighted by atomic mass is 32.1. The summed E-state index contributed by atoms with van der Waals surface area (Å²) in [5, 5.41) is 12.3. The van der Waals surface area contributed by atoms with E-state index in [0.717, 1.165) is 41.3 Å². The molecule has 1 amide bonds. The van der Waals surface area contributed by atoms with Crippen LogP contribution >= 0.6 is 11.3 Å². The number of carboxylic acid groups (broad SMARTS) is 1. The molecule has 0 aliphatic carbocycles. The van der Waals surface area contributed by atoms with Gasteiger partial charge in [0, 0.05) is 29.8 Å². The molecule has 4 heterocycles. The van der Waals surface area contributed by atoms with Crippen molar-refractivity contribution in [2.75, 3.05) is 13.2 Å². The predicted octanol–water partition coefficient (Wildman–Crippen LogP) is 4.15. The Labute approximate surface area is 197 Å². The topological polar surface area (TPSA) is 89.0 Å². The number of ether oxygens (including phenoxy) is 2. The smallest absolute Gasteiger partial charge is 0.303 e. The Kier molecular flexibility index (Phi) is 5.69. The number of fused-ring (bicyclic) bond motifs is 3. The van der Waals surface area contributed by atoms with Crippen LogP contribution in [0.3, 0.4) is 0 Å². The quantitative estimate of drug-likeness (QED) is 0.706. The molecule has 0 saturated carbocycles. The maximum Gasteiger partial charge on any atom is 0.303 e. The summed E-state index contributed by atoms with van der Waals surface area (Å²) >= 11 is 1.56. The third-order valence-electron chi connectivity index (χ3n) is 7.58. The van der Waals surface area contributed by atoms with E-state index < -0.39 is 11.6 Å². The molecular weight excluding hydrogens is 440 g/mol. The molecule has 3 aliphatic rings. The number of hydrogen-bond acceptors (Lipinski definition) is 6. The average Bonchev–Trinajstić information content (AvgIpc) is 3.38. The van der Waals surface area contributed by atoms with Gasteiger partial charge in [0.1, 0.15) is 11.4 Å². The molecule has 4 atom stereocenters. The summed E-state index contributed by atoms with van der Waals surface area (Å²) in [5.41, 5.74) is 0.761. The Balaban J connectivity index is 1.44. The first-order chi connectivity index (χ1) is 15.8. The Bertz CT molecular complexity index is 1070. The van der Waals surface area contributed by atoms with E-state index in [1.54, 1.807) is 11.3 Å². The van der Waals surface area contributed by atoms with E-state index in [2.05, 4.69) is 4.98 Å². The molecular formula is C25H30N2O5S. The molecule has 1 aromatic heterocycles. The number of amides is 1. The lowest BCUT2D eigenvalue weighted by molar-refractivity contribution is -0.179. The zero-order valence-electron chi connectivity index (χ0n) is 19.1. The van der Waals surface area contributed by atoms with Gasteiger partial charge in [0.15, 0.2) is 0 Å². The third kappa shape index (κ3) is 4.04. The molecule has 0 bridgehead atoms. The molecule has 1 spiro atoms. The van der Waals surface area contributed by atoms with Crippen molar-refractivity contribution in [3.63, 3.8) is 0 Å². The molecule has 176 valence electrons. The summed E-state index contributed by atoms with van der Waals surface area (Å²) in [4.78, 5) is 31.3. The monoisotopic (exact) mass is 470 g/mol. The first-order valence-electron chi connectivity index (χ1n) is 11.6. The van der Waals surface area contributed by atoms with Gasteiger partial charge in [0.25, 0.3) is 0 Å². The number of aryl methyl sites for hydroxylation is 1. The lowest BCUT2D eigenvalue weighted by atomic mass is 9.68. The fourth-order valence-corrected chi connectivity index (χ4v) is 6.55. The standard InChI is InChI=1S/C25H30N2O5S/c1-16-26-17(14-33-16)12-21(28)27-11-5-9-25(27)13-19-23(31-15-25)18-6-3-4-7-20(18)32-24(19,2)10-8-22(29)30/h3-4,6-7,14,19,23H,5,8-13,15H2,1-2H3,(H,29,30)/t19-,23+,24+,25+/m1/s1. The highest BCUT2D eigenvalue weighted by Gasteiger charge is 2.57. The Morgan fingerprint density at radius 3 is 2.91 bits per heavy atom. The van der Waals surface area contributed by atoms with E-state index in [-0.39, 0.29) is 29.9 Å². The van der Waals surface area contributed by atoms with Crippen molar-refractivity contribution in [1.82, 2.24) is 9.88 Å². The predicted molar refractivity (Wildman–Crippen MR) is 123 cm³/mol. The first kappa shape index (κ1) is 22.3. The molecule has 3 aliphatic heterocycles. The molecule has 0 unspecified atom stereocenters. The fourth-order valence-electron chi connectivity index (χ4n) is 5.94. The van der Waals surface area contributed by atoms with Crippen LogP contribution in [0.25, 0.3) is 0 Å². The van der Waals surface area contributed by atoms with E-state index >= 15 is 0 Å². The molecule has 8 heteroatoms. The molecule has 1 N–H and O–H groups in total. The van der Waals surface area contributed by atoms with E-state index in [0.29, 0.717) is 26.0 Å². The summed E-state index contributed by atoms with van der Waals surface area (Å²) in [5.74, 6) is -0.0293. The highest BCUT2D eigenvalue weighted by Crippen LogP contribution is 2.55. The number of aliphatic carboxylic acids is 1. The Morgan fingerprint density at radius 2 is 2.15 bits per heavy atom. The normalized spacial score (nSPS) is 30.5. The van der Waals surface area contributed by atoms with Gasteiger partial charge in [-0.25, -0.2) is 4.98 Å². The maximum absolute atomic E-state index is 13.4. The van der Waals surface area contributed by atoms with Crippen LogP contribution in [0.15, 0.2) is 29.6 Å². The minimum absolute atomic E-state index is 0.0285. The number of carbonyl (C=O) groups is 2. The van der Waals surface area contributed by atoms with Crippen LogP contribution in [-0.4, -0.2) is 51.2 Å². The van der Waals surface area contributed by atoms with Gasteiger partial charge in [0.2, 0.25) is 5.91 Å². The van der Waals surface area contributed by atoms with E-state index in [9.17, 15) is 14.7 Å². The number of carbonyl (C=O) groups excluding carboxylic acids is 1. The van der Waals surface area contributed by atoms with E-state index in [1.165, 1.54) is 0 Å². The number of carboxylic acids is 1. The van der Waals surface area contributed by atoms with Crippen molar-refractivity contribution >= 4 is 23.2 Å². The van der Waals surface area contributed by atoms with Gasteiger partial charge >= 0.3 is 5.97 Å². The third-order valence-corrected chi connectivity index (χ3v) is 8.40. The molecule has 1 aromatic carbocycles. The molecule has 33 heavy (non-hydrogen) atoms. The van der Waals surface area contributed by atoms with Crippen molar-refractivity contribution in [2.45, 2.75) is 69.6 Å². The van der Waals surface area contributed by atoms with E-state index in [1.807, 2.05) is 48.4 Å². The summed E-state index contributed by atoms with van der Waals surface area (Å²) in [6, 6.07) is 7.87.